The molecule has 0 heterocycles. The van der Waals surface area contributed by atoms with Crippen LogP contribution in [0.25, 0.3) is 0 Å². The molecule has 0 aliphatic heterocycles. The average Bonchev–Trinajstić information content (AvgIpc) is 3.00. The molecule has 0 spiro atoms. The van der Waals surface area contributed by atoms with Gasteiger partial charge in [-0.05, 0) is 54.8 Å². The minimum atomic E-state index is -4.26. The van der Waals surface area contributed by atoms with Crippen molar-refractivity contribution in [3.63, 3.8) is 0 Å². The van der Waals surface area contributed by atoms with Crippen LogP contribution in [0.3, 0.4) is 0 Å². The molecule has 0 unspecified atom stereocenters. The fourth-order valence-electron chi connectivity index (χ4n) is 4.44. The first-order valence-corrected chi connectivity index (χ1v) is 15.6. The molecule has 0 bridgehead atoms. The summed E-state index contributed by atoms with van der Waals surface area (Å²) >= 11 is 6.08. The summed E-state index contributed by atoms with van der Waals surface area (Å²) in [4.78, 5) is 28.9. The first-order valence-electron chi connectivity index (χ1n) is 13.8. The molecular weight excluding hydrogens is 578 g/mol. The van der Waals surface area contributed by atoms with Crippen molar-refractivity contribution in [2.75, 3.05) is 31.6 Å². The third-order valence-electron chi connectivity index (χ3n) is 6.75. The lowest BCUT2D eigenvalue weighted by atomic mass is 10.1. The van der Waals surface area contributed by atoms with E-state index in [1.54, 1.807) is 54.6 Å². The van der Waals surface area contributed by atoms with Gasteiger partial charge in [-0.3, -0.25) is 13.9 Å². The molecule has 0 aliphatic carbocycles. The van der Waals surface area contributed by atoms with Crippen LogP contribution in [0.2, 0.25) is 5.02 Å². The standard InChI is InChI=1S/C31H38ClN3O6S/c1-5-7-19-33-31(37)27(6-2)34(21-23-13-15-24(32)16-14-23)30(36)22-35(42(38,39)26-11-9-8-10-12-26)28-20-25(40-3)17-18-29(28)41-4/h8-18,20,27H,5-7,19,21-22H2,1-4H3,(H,33,37)/t27-/m1/s1. The smallest absolute Gasteiger partial charge is 0.264 e. The molecule has 2 amide bonds. The van der Waals surface area contributed by atoms with Gasteiger partial charge in [0.2, 0.25) is 11.8 Å². The van der Waals surface area contributed by atoms with Crippen molar-refractivity contribution < 1.29 is 27.5 Å². The highest BCUT2D eigenvalue weighted by Crippen LogP contribution is 2.36. The highest BCUT2D eigenvalue weighted by Gasteiger charge is 2.35. The van der Waals surface area contributed by atoms with E-state index in [0.717, 1.165) is 22.7 Å². The second-order valence-corrected chi connectivity index (χ2v) is 11.9. The lowest BCUT2D eigenvalue weighted by Crippen LogP contribution is -2.52. The van der Waals surface area contributed by atoms with Gasteiger partial charge in [0.15, 0.2) is 0 Å². The largest absolute Gasteiger partial charge is 0.497 e. The number of hydrogen-bond donors (Lipinski definition) is 1. The molecule has 3 aromatic rings. The first kappa shape index (κ1) is 32.8. The van der Waals surface area contributed by atoms with Crippen molar-refractivity contribution in [2.45, 2.75) is 50.6 Å². The molecule has 226 valence electrons. The number of nitrogens with one attached hydrogen (secondary N) is 1. The number of ether oxygens (including phenoxy) is 2. The van der Waals surface area contributed by atoms with Crippen LogP contribution in [0.1, 0.15) is 38.7 Å². The Balaban J connectivity index is 2.10. The number of carbonyl (C=O) groups excluding carboxylic acids is 2. The Morgan fingerprint density at radius 3 is 2.24 bits per heavy atom. The monoisotopic (exact) mass is 615 g/mol. The molecule has 1 N–H and O–H groups in total. The summed E-state index contributed by atoms with van der Waals surface area (Å²) in [6.07, 6.45) is 2.02. The molecule has 3 rings (SSSR count). The van der Waals surface area contributed by atoms with Gasteiger partial charge in [0.25, 0.3) is 10.0 Å². The van der Waals surface area contributed by atoms with Gasteiger partial charge in [-0.2, -0.15) is 0 Å². The molecule has 0 aliphatic rings. The molecule has 42 heavy (non-hydrogen) atoms. The maximum absolute atomic E-state index is 14.2. The molecule has 0 saturated heterocycles. The third kappa shape index (κ3) is 8.17. The van der Waals surface area contributed by atoms with Gasteiger partial charge in [-0.15, -0.1) is 0 Å². The molecule has 11 heteroatoms. The Morgan fingerprint density at radius 1 is 0.952 bits per heavy atom. The minimum Gasteiger partial charge on any atom is -0.497 e. The maximum Gasteiger partial charge on any atom is 0.264 e. The highest BCUT2D eigenvalue weighted by atomic mass is 35.5. The van der Waals surface area contributed by atoms with Crippen LogP contribution in [0.5, 0.6) is 11.5 Å². The van der Waals surface area contributed by atoms with E-state index >= 15 is 0 Å². The Hall–Kier alpha value is -3.76. The summed E-state index contributed by atoms with van der Waals surface area (Å²) < 4.78 is 40.0. The van der Waals surface area contributed by atoms with Crippen LogP contribution in [0.15, 0.2) is 77.7 Å². The van der Waals surface area contributed by atoms with Crippen LogP contribution < -0.4 is 19.1 Å². The Bertz CT molecular complexity index is 1430. The molecule has 1 atom stereocenters. The quantitative estimate of drug-likeness (QED) is 0.233. The van der Waals surface area contributed by atoms with Gasteiger partial charge in [0.1, 0.15) is 24.1 Å². The second-order valence-electron chi connectivity index (χ2n) is 9.58. The number of unbranched alkanes of at least 4 members (excludes halogenated alkanes) is 1. The van der Waals surface area contributed by atoms with Gasteiger partial charge in [0, 0.05) is 24.2 Å². The van der Waals surface area contributed by atoms with Crippen molar-refractivity contribution in [3.8, 4) is 11.5 Å². The number of methoxy groups -OCH3 is 2. The number of amides is 2. The zero-order valence-electron chi connectivity index (χ0n) is 24.4. The molecule has 3 aromatic carbocycles. The Labute approximate surface area is 253 Å². The van der Waals surface area contributed by atoms with Crippen molar-refractivity contribution in [3.05, 3.63) is 83.4 Å². The number of carbonyl (C=O) groups is 2. The lowest BCUT2D eigenvalue weighted by molar-refractivity contribution is -0.140. The van der Waals surface area contributed by atoms with E-state index in [1.165, 1.54) is 37.3 Å². The number of anilines is 1. The SMILES string of the molecule is CCCCNC(=O)[C@@H](CC)N(Cc1ccc(Cl)cc1)C(=O)CN(c1cc(OC)ccc1OC)S(=O)(=O)c1ccccc1. The predicted molar refractivity (Wildman–Crippen MR) is 165 cm³/mol. The molecule has 0 aromatic heterocycles. The van der Waals surface area contributed by atoms with E-state index in [9.17, 15) is 18.0 Å². The van der Waals surface area contributed by atoms with Crippen molar-refractivity contribution in [1.29, 1.82) is 0 Å². The number of nitrogens with zero attached hydrogens (tertiary/aromatic N) is 2. The average molecular weight is 616 g/mol. The van der Waals surface area contributed by atoms with Gasteiger partial charge in [0.05, 0.1) is 24.8 Å². The summed E-state index contributed by atoms with van der Waals surface area (Å²) in [5.74, 6) is -0.250. The van der Waals surface area contributed by atoms with Gasteiger partial charge >= 0.3 is 0 Å². The number of hydrogen-bond acceptors (Lipinski definition) is 6. The minimum absolute atomic E-state index is 0.00345. The van der Waals surface area contributed by atoms with Crippen LogP contribution in [-0.4, -0.2) is 58.5 Å². The first-order chi connectivity index (χ1) is 20.2. The van der Waals surface area contributed by atoms with Gasteiger partial charge < -0.3 is 19.7 Å². The van der Waals surface area contributed by atoms with Crippen molar-refractivity contribution in [1.82, 2.24) is 10.2 Å². The summed E-state index contributed by atoms with van der Waals surface area (Å²) in [7, 11) is -1.38. The summed E-state index contributed by atoms with van der Waals surface area (Å²) in [5.41, 5.74) is 0.866. The number of halogens is 1. The molecule has 0 radical (unpaired) electrons. The fraction of sp³-hybridized carbons (Fsp3) is 0.355. The van der Waals surface area contributed by atoms with Crippen LogP contribution in [0.4, 0.5) is 5.69 Å². The second kappa shape index (κ2) is 15.5. The third-order valence-corrected chi connectivity index (χ3v) is 8.77. The molecular formula is C31H38ClN3O6S. The van der Waals surface area contributed by atoms with E-state index < -0.39 is 28.5 Å². The van der Waals surface area contributed by atoms with E-state index in [4.69, 9.17) is 21.1 Å². The Kier molecular flexibility index (Phi) is 12.1. The lowest BCUT2D eigenvalue weighted by Gasteiger charge is -2.33. The summed E-state index contributed by atoms with van der Waals surface area (Å²) in [6.45, 7) is 3.80. The van der Waals surface area contributed by atoms with E-state index in [-0.39, 0.29) is 28.8 Å². The normalized spacial score (nSPS) is 11.8. The fourth-order valence-corrected chi connectivity index (χ4v) is 6.00. The number of benzene rings is 3. The maximum atomic E-state index is 14.2. The van der Waals surface area contributed by atoms with E-state index in [1.807, 2.05) is 13.8 Å². The van der Waals surface area contributed by atoms with Crippen molar-refractivity contribution in [2.24, 2.45) is 0 Å². The Morgan fingerprint density at radius 2 is 1.64 bits per heavy atom. The van der Waals surface area contributed by atoms with Crippen LogP contribution in [-0.2, 0) is 26.2 Å². The number of rotatable bonds is 15. The van der Waals surface area contributed by atoms with E-state index in [2.05, 4.69) is 5.32 Å². The van der Waals surface area contributed by atoms with Crippen LogP contribution in [0, 0.1) is 0 Å². The number of sulfonamides is 1. The van der Waals surface area contributed by atoms with E-state index in [0.29, 0.717) is 23.7 Å². The zero-order valence-corrected chi connectivity index (χ0v) is 26.0. The predicted octanol–water partition coefficient (Wildman–Crippen LogP) is 5.28. The zero-order chi connectivity index (χ0) is 30.7. The van der Waals surface area contributed by atoms with Crippen molar-refractivity contribution >= 4 is 39.1 Å². The summed E-state index contributed by atoms with van der Waals surface area (Å²) in [5, 5.41) is 3.45. The summed E-state index contributed by atoms with van der Waals surface area (Å²) in [6, 6.07) is 18.7. The molecule has 0 saturated carbocycles. The van der Waals surface area contributed by atoms with Gasteiger partial charge in [-0.25, -0.2) is 8.42 Å². The molecule has 9 nitrogen and oxygen atoms in total. The van der Waals surface area contributed by atoms with Crippen LogP contribution >= 0.6 is 11.6 Å². The molecule has 0 fully saturated rings. The highest BCUT2D eigenvalue weighted by molar-refractivity contribution is 7.92. The topological polar surface area (TPSA) is 105 Å². The van der Waals surface area contributed by atoms with Gasteiger partial charge in [-0.1, -0.05) is 62.2 Å².